The zero-order chi connectivity index (χ0) is 20.3. The fourth-order valence-corrected chi connectivity index (χ4v) is 3.98. The Morgan fingerprint density at radius 1 is 1.14 bits per heavy atom. The molecule has 0 radical (unpaired) electrons. The summed E-state index contributed by atoms with van der Waals surface area (Å²) in [6.45, 7) is 2.48. The van der Waals surface area contributed by atoms with E-state index in [4.69, 9.17) is 25.8 Å². The first-order valence-electron chi connectivity index (χ1n) is 8.58. The van der Waals surface area contributed by atoms with Crippen LogP contribution in [-0.2, 0) is 0 Å². The van der Waals surface area contributed by atoms with E-state index in [1.807, 2.05) is 25.1 Å². The molecule has 0 aliphatic carbocycles. The second-order valence-electron chi connectivity index (χ2n) is 6.00. The van der Waals surface area contributed by atoms with Crippen LogP contribution in [0, 0.1) is 6.92 Å². The lowest BCUT2D eigenvalue weighted by Gasteiger charge is -2.19. The number of rotatable bonds is 5. The average molecular weight is 421 g/mol. The van der Waals surface area contributed by atoms with E-state index in [1.54, 1.807) is 17.0 Å². The summed E-state index contributed by atoms with van der Waals surface area (Å²) in [7, 11) is 4.56. The van der Waals surface area contributed by atoms with Crippen LogP contribution in [0.2, 0.25) is 5.02 Å². The lowest BCUT2D eigenvalue weighted by Crippen LogP contribution is -2.31. The van der Waals surface area contributed by atoms with E-state index in [1.165, 1.54) is 33.1 Å². The van der Waals surface area contributed by atoms with Gasteiger partial charge in [0.2, 0.25) is 5.75 Å². The molecule has 0 atom stereocenters. The summed E-state index contributed by atoms with van der Waals surface area (Å²) in [6, 6.07) is 8.85. The van der Waals surface area contributed by atoms with Crippen LogP contribution in [0.1, 0.15) is 15.9 Å². The van der Waals surface area contributed by atoms with Crippen molar-refractivity contribution in [3.63, 3.8) is 0 Å². The summed E-state index contributed by atoms with van der Waals surface area (Å²) in [5.41, 5.74) is 2.07. The minimum atomic E-state index is -0.178. The zero-order valence-electron chi connectivity index (χ0n) is 16.1. The molecule has 0 bridgehead atoms. The Hall–Kier alpha value is -2.38. The van der Waals surface area contributed by atoms with Gasteiger partial charge in [-0.1, -0.05) is 29.4 Å². The molecule has 2 aromatic carbocycles. The average Bonchev–Trinajstić information content (AvgIpc) is 3.17. The highest BCUT2D eigenvalue weighted by Gasteiger charge is 2.28. The van der Waals surface area contributed by atoms with Crippen molar-refractivity contribution in [3.05, 3.63) is 46.5 Å². The molecule has 1 saturated heterocycles. The Bertz CT molecular complexity index is 907. The van der Waals surface area contributed by atoms with Gasteiger partial charge >= 0.3 is 0 Å². The van der Waals surface area contributed by atoms with E-state index in [2.05, 4.69) is 4.99 Å². The quantitative estimate of drug-likeness (QED) is 0.710. The fourth-order valence-electron chi connectivity index (χ4n) is 2.86. The van der Waals surface area contributed by atoms with E-state index in [-0.39, 0.29) is 5.91 Å². The number of ether oxygens (including phenoxy) is 3. The maximum absolute atomic E-state index is 13.2. The first-order valence-corrected chi connectivity index (χ1v) is 9.95. The van der Waals surface area contributed by atoms with Gasteiger partial charge in [-0.3, -0.25) is 9.69 Å². The molecule has 1 amide bonds. The number of carbonyl (C=O) groups excluding carboxylic acids is 1. The molecule has 0 aromatic heterocycles. The first kappa shape index (κ1) is 20.4. The van der Waals surface area contributed by atoms with Gasteiger partial charge in [-0.25, -0.2) is 4.99 Å². The SMILES string of the molecule is COc1cc(C(=O)N2CCSC2=Nc2cccc(Cl)c2C)cc(OC)c1OC. The normalized spacial score (nSPS) is 15.0. The van der Waals surface area contributed by atoms with Crippen LogP contribution in [0.15, 0.2) is 35.3 Å². The first-order chi connectivity index (χ1) is 13.5. The van der Waals surface area contributed by atoms with Crippen molar-refractivity contribution in [1.82, 2.24) is 4.90 Å². The second kappa shape index (κ2) is 8.75. The molecule has 2 aromatic rings. The molecule has 1 aliphatic heterocycles. The number of aliphatic imine (C=N–C) groups is 1. The number of thioether (sulfide) groups is 1. The molecular formula is C20H21ClN2O4S. The van der Waals surface area contributed by atoms with Gasteiger partial charge in [0.1, 0.15) is 0 Å². The van der Waals surface area contributed by atoms with Gasteiger partial charge in [-0.15, -0.1) is 0 Å². The van der Waals surface area contributed by atoms with Crippen molar-refractivity contribution < 1.29 is 19.0 Å². The third-order valence-corrected chi connectivity index (χ3v) is 5.76. The van der Waals surface area contributed by atoms with Gasteiger partial charge in [0.05, 0.1) is 27.0 Å². The van der Waals surface area contributed by atoms with E-state index in [9.17, 15) is 4.79 Å². The molecular weight excluding hydrogens is 400 g/mol. The number of nitrogens with zero attached hydrogens (tertiary/aromatic N) is 2. The number of halogens is 1. The number of amides is 1. The summed E-state index contributed by atoms with van der Waals surface area (Å²) in [4.78, 5) is 19.5. The van der Waals surface area contributed by atoms with Gasteiger partial charge in [-0.2, -0.15) is 0 Å². The van der Waals surface area contributed by atoms with Gasteiger partial charge in [0, 0.05) is 22.9 Å². The number of amidine groups is 1. The molecule has 1 aliphatic rings. The van der Waals surface area contributed by atoms with Crippen molar-refractivity contribution in [2.75, 3.05) is 33.6 Å². The summed E-state index contributed by atoms with van der Waals surface area (Å²) < 4.78 is 16.0. The van der Waals surface area contributed by atoms with Crippen molar-refractivity contribution in [2.45, 2.75) is 6.92 Å². The third kappa shape index (κ3) is 3.91. The molecule has 0 N–H and O–H groups in total. The predicted molar refractivity (Wildman–Crippen MR) is 113 cm³/mol. The van der Waals surface area contributed by atoms with Crippen molar-refractivity contribution in [3.8, 4) is 17.2 Å². The lowest BCUT2D eigenvalue weighted by molar-refractivity contribution is 0.0858. The molecule has 0 saturated carbocycles. The summed E-state index contributed by atoms with van der Waals surface area (Å²) in [5, 5.41) is 1.29. The fraction of sp³-hybridized carbons (Fsp3) is 0.300. The topological polar surface area (TPSA) is 60.4 Å². The minimum Gasteiger partial charge on any atom is -0.493 e. The minimum absolute atomic E-state index is 0.178. The number of carbonyl (C=O) groups is 1. The number of hydrogen-bond acceptors (Lipinski definition) is 6. The van der Waals surface area contributed by atoms with Gasteiger partial charge in [0.25, 0.3) is 5.91 Å². The van der Waals surface area contributed by atoms with Crippen LogP contribution in [0.4, 0.5) is 5.69 Å². The standard InChI is InChI=1S/C20H21ClN2O4S/c1-12-14(21)6-5-7-15(12)22-20-23(8-9-28-20)19(24)13-10-16(25-2)18(27-4)17(11-13)26-3/h5-7,10-11H,8-9H2,1-4H3. The summed E-state index contributed by atoms with van der Waals surface area (Å²) in [5.74, 6) is 1.90. The van der Waals surface area contributed by atoms with Crippen LogP contribution in [0.5, 0.6) is 17.2 Å². The van der Waals surface area contributed by atoms with E-state index < -0.39 is 0 Å². The predicted octanol–water partition coefficient (Wildman–Crippen LogP) is 4.55. The van der Waals surface area contributed by atoms with Gasteiger partial charge in [0.15, 0.2) is 16.7 Å². The molecule has 28 heavy (non-hydrogen) atoms. The maximum Gasteiger partial charge on any atom is 0.260 e. The van der Waals surface area contributed by atoms with Gasteiger partial charge < -0.3 is 14.2 Å². The molecule has 6 nitrogen and oxygen atoms in total. The lowest BCUT2D eigenvalue weighted by atomic mass is 10.1. The molecule has 148 valence electrons. The highest BCUT2D eigenvalue weighted by atomic mass is 35.5. The highest BCUT2D eigenvalue weighted by Crippen LogP contribution is 2.39. The van der Waals surface area contributed by atoms with E-state index in [0.29, 0.717) is 39.5 Å². The number of hydrogen-bond donors (Lipinski definition) is 0. The van der Waals surface area contributed by atoms with Crippen molar-refractivity contribution in [1.29, 1.82) is 0 Å². The van der Waals surface area contributed by atoms with Crippen molar-refractivity contribution >= 4 is 40.1 Å². The summed E-state index contributed by atoms with van der Waals surface area (Å²) in [6.07, 6.45) is 0. The Morgan fingerprint density at radius 3 is 2.43 bits per heavy atom. The van der Waals surface area contributed by atoms with Crippen LogP contribution < -0.4 is 14.2 Å². The van der Waals surface area contributed by atoms with Crippen LogP contribution in [0.3, 0.4) is 0 Å². The number of benzene rings is 2. The number of methoxy groups -OCH3 is 3. The second-order valence-corrected chi connectivity index (χ2v) is 7.47. The Labute approximate surface area is 173 Å². The Morgan fingerprint density at radius 2 is 1.82 bits per heavy atom. The maximum atomic E-state index is 13.2. The Balaban J connectivity index is 1.97. The molecule has 3 rings (SSSR count). The van der Waals surface area contributed by atoms with Gasteiger partial charge in [-0.05, 0) is 36.8 Å². The van der Waals surface area contributed by atoms with Crippen LogP contribution >= 0.6 is 23.4 Å². The highest BCUT2D eigenvalue weighted by molar-refractivity contribution is 8.14. The molecule has 8 heteroatoms. The molecule has 1 heterocycles. The van der Waals surface area contributed by atoms with E-state index >= 15 is 0 Å². The van der Waals surface area contributed by atoms with Crippen LogP contribution in [0.25, 0.3) is 0 Å². The monoisotopic (exact) mass is 420 g/mol. The third-order valence-electron chi connectivity index (χ3n) is 4.39. The Kier molecular flexibility index (Phi) is 6.36. The summed E-state index contributed by atoms with van der Waals surface area (Å²) >= 11 is 7.73. The largest absolute Gasteiger partial charge is 0.493 e. The van der Waals surface area contributed by atoms with Crippen LogP contribution in [-0.4, -0.2) is 49.6 Å². The van der Waals surface area contributed by atoms with E-state index in [0.717, 1.165) is 17.0 Å². The smallest absolute Gasteiger partial charge is 0.260 e. The molecule has 1 fully saturated rings. The zero-order valence-corrected chi connectivity index (χ0v) is 17.7. The van der Waals surface area contributed by atoms with Crippen molar-refractivity contribution in [2.24, 2.45) is 4.99 Å². The molecule has 0 unspecified atom stereocenters. The molecule has 0 spiro atoms.